The summed E-state index contributed by atoms with van der Waals surface area (Å²) in [5.74, 6) is -0.313. The Morgan fingerprint density at radius 2 is 2.14 bits per heavy atom. The van der Waals surface area contributed by atoms with Gasteiger partial charge in [-0.25, -0.2) is 0 Å². The fraction of sp³-hybridized carbons (Fsp3) is 0.500. The molecule has 1 aliphatic carbocycles. The fourth-order valence-corrected chi connectivity index (χ4v) is 2.41. The average Bonchev–Trinajstić information content (AvgIpc) is 2.96. The third-order valence-corrected chi connectivity index (χ3v) is 3.53. The van der Waals surface area contributed by atoms with Crippen LogP contribution in [0, 0.1) is 10.1 Å². The summed E-state index contributed by atoms with van der Waals surface area (Å²) in [4.78, 5) is 22.0. The molecule has 1 aromatic carbocycles. The van der Waals surface area contributed by atoms with Gasteiger partial charge in [0, 0.05) is 18.2 Å². The van der Waals surface area contributed by atoms with Gasteiger partial charge in [0.05, 0.1) is 17.6 Å². The molecule has 1 fully saturated rings. The highest BCUT2D eigenvalue weighted by atomic mass is 16.6. The number of carbonyl (C=O) groups excluding carboxylic acids is 1. The van der Waals surface area contributed by atoms with Gasteiger partial charge in [0.2, 0.25) is 0 Å². The molecule has 0 spiro atoms. The van der Waals surface area contributed by atoms with E-state index in [1.54, 1.807) is 0 Å². The molecule has 0 heterocycles. The molecule has 7 nitrogen and oxygen atoms in total. The second-order valence-electron chi connectivity index (χ2n) is 5.06. The van der Waals surface area contributed by atoms with E-state index in [-0.39, 0.29) is 17.3 Å². The zero-order valence-corrected chi connectivity index (χ0v) is 11.7. The van der Waals surface area contributed by atoms with Crippen LogP contribution in [0.1, 0.15) is 36.0 Å². The number of ether oxygens (including phenoxy) is 1. The first kappa shape index (κ1) is 15.2. The minimum absolute atomic E-state index is 0.0187. The molecule has 0 aliphatic heterocycles. The molecule has 1 amide bonds. The summed E-state index contributed by atoms with van der Waals surface area (Å²) in [6, 6.07) is 3.94. The van der Waals surface area contributed by atoms with Gasteiger partial charge in [-0.1, -0.05) is 12.8 Å². The first-order valence-electron chi connectivity index (χ1n) is 7.01. The Hall–Kier alpha value is -2.15. The van der Waals surface area contributed by atoms with Crippen LogP contribution in [0.4, 0.5) is 11.4 Å². The number of nitro benzene ring substituents is 1. The zero-order valence-electron chi connectivity index (χ0n) is 11.7. The Morgan fingerprint density at radius 1 is 1.43 bits per heavy atom. The lowest BCUT2D eigenvalue weighted by atomic mass is 10.1. The molecule has 3 N–H and O–H groups in total. The van der Waals surface area contributed by atoms with E-state index in [1.807, 2.05) is 0 Å². The highest BCUT2D eigenvalue weighted by Crippen LogP contribution is 2.22. The Balaban J connectivity index is 1.80. The molecule has 7 heteroatoms. The minimum atomic E-state index is -0.577. The van der Waals surface area contributed by atoms with Crippen molar-refractivity contribution < 1.29 is 14.5 Å². The monoisotopic (exact) mass is 293 g/mol. The molecule has 2 rings (SSSR count). The summed E-state index contributed by atoms with van der Waals surface area (Å²) in [6.45, 7) is 0.880. The van der Waals surface area contributed by atoms with E-state index in [0.29, 0.717) is 24.8 Å². The second-order valence-corrected chi connectivity index (χ2v) is 5.06. The lowest BCUT2D eigenvalue weighted by Gasteiger charge is -2.11. The number of nitrogens with zero attached hydrogens (tertiary/aromatic N) is 1. The van der Waals surface area contributed by atoms with Crippen molar-refractivity contribution in [2.24, 2.45) is 0 Å². The van der Waals surface area contributed by atoms with E-state index in [0.717, 1.165) is 12.8 Å². The first-order chi connectivity index (χ1) is 10.1. The van der Waals surface area contributed by atoms with Gasteiger partial charge in [-0.3, -0.25) is 14.9 Å². The number of hydrogen-bond donors (Lipinski definition) is 2. The van der Waals surface area contributed by atoms with Gasteiger partial charge in [-0.05, 0) is 25.0 Å². The number of nitrogen functional groups attached to an aromatic ring is 1. The van der Waals surface area contributed by atoms with Crippen molar-refractivity contribution >= 4 is 17.3 Å². The molecule has 114 valence electrons. The van der Waals surface area contributed by atoms with Gasteiger partial charge in [-0.2, -0.15) is 0 Å². The van der Waals surface area contributed by atoms with E-state index in [9.17, 15) is 14.9 Å². The van der Waals surface area contributed by atoms with Crippen molar-refractivity contribution in [3.8, 4) is 0 Å². The quantitative estimate of drug-likeness (QED) is 0.360. The lowest BCUT2D eigenvalue weighted by molar-refractivity contribution is -0.383. The summed E-state index contributed by atoms with van der Waals surface area (Å²) in [7, 11) is 0. The largest absolute Gasteiger partial charge is 0.393 e. The van der Waals surface area contributed by atoms with Crippen LogP contribution in [0.2, 0.25) is 0 Å². The van der Waals surface area contributed by atoms with E-state index in [4.69, 9.17) is 10.5 Å². The predicted octanol–water partition coefficient (Wildman–Crippen LogP) is 1.87. The normalized spacial score (nSPS) is 15.0. The van der Waals surface area contributed by atoms with Crippen molar-refractivity contribution in [1.29, 1.82) is 0 Å². The van der Waals surface area contributed by atoms with Crippen LogP contribution < -0.4 is 11.1 Å². The highest BCUT2D eigenvalue weighted by molar-refractivity contribution is 5.95. The van der Waals surface area contributed by atoms with Crippen LogP contribution >= 0.6 is 0 Å². The van der Waals surface area contributed by atoms with Crippen molar-refractivity contribution in [3.63, 3.8) is 0 Å². The molecule has 1 saturated carbocycles. The zero-order chi connectivity index (χ0) is 15.2. The van der Waals surface area contributed by atoms with E-state index >= 15 is 0 Å². The number of nitro groups is 1. The van der Waals surface area contributed by atoms with E-state index in [1.165, 1.54) is 31.0 Å². The maximum Gasteiger partial charge on any atom is 0.292 e. The van der Waals surface area contributed by atoms with Crippen molar-refractivity contribution in [3.05, 3.63) is 33.9 Å². The van der Waals surface area contributed by atoms with Gasteiger partial charge in [0.25, 0.3) is 11.6 Å². The lowest BCUT2D eigenvalue weighted by Crippen LogP contribution is -2.28. The third kappa shape index (κ3) is 4.16. The van der Waals surface area contributed by atoms with Gasteiger partial charge in [0.1, 0.15) is 5.69 Å². The number of benzene rings is 1. The number of nitrogens with one attached hydrogen (secondary N) is 1. The Bertz CT molecular complexity index is 527. The smallest absolute Gasteiger partial charge is 0.292 e. The molecule has 1 aromatic rings. The average molecular weight is 293 g/mol. The van der Waals surface area contributed by atoms with Crippen LogP contribution in [0.15, 0.2) is 18.2 Å². The molecular weight excluding hydrogens is 274 g/mol. The molecule has 0 unspecified atom stereocenters. The second kappa shape index (κ2) is 7.03. The number of carbonyl (C=O) groups is 1. The van der Waals surface area contributed by atoms with E-state index < -0.39 is 4.92 Å². The standard InChI is InChI=1S/C14H19N3O4/c15-12-9-10(5-6-13(12)17(19)20)14(18)16-7-8-21-11-3-1-2-4-11/h5-6,9,11H,1-4,7-8,15H2,(H,16,18). The highest BCUT2D eigenvalue weighted by Gasteiger charge is 2.16. The summed E-state index contributed by atoms with van der Waals surface area (Å²) in [6.07, 6.45) is 4.91. The fourth-order valence-electron chi connectivity index (χ4n) is 2.41. The molecule has 0 radical (unpaired) electrons. The number of amides is 1. The molecule has 0 aromatic heterocycles. The minimum Gasteiger partial charge on any atom is -0.393 e. The maximum atomic E-state index is 11.9. The van der Waals surface area contributed by atoms with Crippen LogP contribution in [0.25, 0.3) is 0 Å². The van der Waals surface area contributed by atoms with Gasteiger partial charge >= 0.3 is 0 Å². The van der Waals surface area contributed by atoms with Gasteiger partial charge in [0.15, 0.2) is 0 Å². The SMILES string of the molecule is Nc1cc(C(=O)NCCOC2CCCC2)ccc1[N+](=O)[O-]. The van der Waals surface area contributed by atoms with Gasteiger partial charge < -0.3 is 15.8 Å². The van der Waals surface area contributed by atoms with E-state index in [2.05, 4.69) is 5.32 Å². The molecule has 0 atom stereocenters. The summed E-state index contributed by atoms with van der Waals surface area (Å²) in [5.41, 5.74) is 5.64. The molecule has 0 bridgehead atoms. The Kier molecular flexibility index (Phi) is 5.10. The maximum absolute atomic E-state index is 11.9. The predicted molar refractivity (Wildman–Crippen MR) is 78.1 cm³/mol. The topological polar surface area (TPSA) is 107 Å². The van der Waals surface area contributed by atoms with Crippen molar-refractivity contribution in [2.45, 2.75) is 31.8 Å². The third-order valence-electron chi connectivity index (χ3n) is 3.53. The Morgan fingerprint density at radius 3 is 2.76 bits per heavy atom. The summed E-state index contributed by atoms with van der Waals surface area (Å²) >= 11 is 0. The summed E-state index contributed by atoms with van der Waals surface area (Å²) in [5, 5.41) is 13.4. The van der Waals surface area contributed by atoms with Crippen LogP contribution in [-0.2, 0) is 4.74 Å². The number of hydrogen-bond acceptors (Lipinski definition) is 5. The number of nitrogens with two attached hydrogens (primary N) is 1. The van der Waals surface area contributed by atoms with Crippen molar-refractivity contribution in [2.75, 3.05) is 18.9 Å². The van der Waals surface area contributed by atoms with Crippen LogP contribution in [0.5, 0.6) is 0 Å². The van der Waals surface area contributed by atoms with Crippen LogP contribution in [0.3, 0.4) is 0 Å². The molecule has 21 heavy (non-hydrogen) atoms. The molecule has 0 saturated heterocycles. The molecule has 1 aliphatic rings. The summed E-state index contributed by atoms with van der Waals surface area (Å²) < 4.78 is 5.63. The van der Waals surface area contributed by atoms with Crippen LogP contribution in [-0.4, -0.2) is 30.1 Å². The first-order valence-corrected chi connectivity index (χ1v) is 7.01. The number of rotatable bonds is 6. The van der Waals surface area contributed by atoms with Gasteiger partial charge in [-0.15, -0.1) is 0 Å². The Labute approximate surface area is 122 Å². The van der Waals surface area contributed by atoms with Crippen molar-refractivity contribution in [1.82, 2.24) is 5.32 Å². The number of anilines is 1. The molecular formula is C14H19N3O4.